The zero-order valence-corrected chi connectivity index (χ0v) is 13.2. The Labute approximate surface area is 126 Å². The van der Waals surface area contributed by atoms with Gasteiger partial charge in [-0.05, 0) is 18.8 Å². The normalized spacial score (nSPS) is 18.0. The highest BCUT2D eigenvalue weighted by Crippen LogP contribution is 2.16. The van der Waals surface area contributed by atoms with Crippen molar-refractivity contribution < 1.29 is 4.74 Å². The number of hydrogen-bond donors (Lipinski definition) is 0. The van der Waals surface area contributed by atoms with Gasteiger partial charge in [0.15, 0.2) is 0 Å². The molecule has 1 saturated heterocycles. The van der Waals surface area contributed by atoms with E-state index in [1.54, 1.807) is 6.33 Å². The fraction of sp³-hybridized carbons (Fsp3) is 0.857. The van der Waals surface area contributed by atoms with Crippen molar-refractivity contribution in [2.75, 3.05) is 25.6 Å². The fourth-order valence-corrected chi connectivity index (χ4v) is 2.64. The summed E-state index contributed by atoms with van der Waals surface area (Å²) in [4.78, 5) is 6.83. The van der Waals surface area contributed by atoms with Crippen LogP contribution in [0.1, 0.15) is 32.5 Å². The fourth-order valence-electron chi connectivity index (χ4n) is 2.55. The maximum absolute atomic E-state index is 5.70. The maximum atomic E-state index is 5.70. The highest BCUT2D eigenvalue weighted by Gasteiger charge is 2.21. The Kier molecular flexibility index (Phi) is 6.26. The minimum Gasteiger partial charge on any atom is -0.377 e. The Hall–Kier alpha value is -0.650. The van der Waals surface area contributed by atoms with E-state index in [0.29, 0.717) is 24.5 Å². The molecule has 0 aliphatic carbocycles. The van der Waals surface area contributed by atoms with Crippen LogP contribution in [0.2, 0.25) is 0 Å². The molecule has 1 aromatic rings. The monoisotopic (exact) mass is 300 g/mol. The van der Waals surface area contributed by atoms with Crippen LogP contribution in [0.3, 0.4) is 0 Å². The summed E-state index contributed by atoms with van der Waals surface area (Å²) < 4.78 is 7.73. The lowest BCUT2D eigenvalue weighted by atomic mass is 10.1. The molecule has 1 aromatic heterocycles. The minimum atomic E-state index is 0.374. The zero-order valence-electron chi connectivity index (χ0n) is 12.5. The molecule has 1 fully saturated rings. The molecule has 0 spiro atoms. The third-order valence-electron chi connectivity index (χ3n) is 3.56. The molecule has 5 nitrogen and oxygen atoms in total. The summed E-state index contributed by atoms with van der Waals surface area (Å²) in [5.41, 5.74) is 0. The standard InChI is InChI=1S/C14H25ClN4O/c1-12(2)9-19-14(16-11-17-19)10-18-6-3-13(4-7-18)20-8-5-15/h11-13H,3-10H2,1-2H3. The van der Waals surface area contributed by atoms with Gasteiger partial charge in [0.25, 0.3) is 0 Å². The molecule has 2 heterocycles. The number of likely N-dealkylation sites (tertiary alicyclic amines) is 1. The Bertz CT molecular complexity index is 388. The molecular weight excluding hydrogens is 276 g/mol. The lowest BCUT2D eigenvalue weighted by Crippen LogP contribution is -2.37. The van der Waals surface area contributed by atoms with Crippen molar-refractivity contribution in [1.82, 2.24) is 19.7 Å². The summed E-state index contributed by atoms with van der Waals surface area (Å²) in [6, 6.07) is 0. The van der Waals surface area contributed by atoms with Crippen LogP contribution in [0, 0.1) is 5.92 Å². The number of nitrogens with zero attached hydrogens (tertiary/aromatic N) is 4. The third kappa shape index (κ3) is 4.72. The molecule has 0 bridgehead atoms. The first-order valence-electron chi connectivity index (χ1n) is 7.45. The van der Waals surface area contributed by atoms with Gasteiger partial charge in [0.2, 0.25) is 0 Å². The van der Waals surface area contributed by atoms with E-state index >= 15 is 0 Å². The highest BCUT2D eigenvalue weighted by molar-refractivity contribution is 6.17. The topological polar surface area (TPSA) is 43.2 Å². The molecule has 1 aliphatic heterocycles. The predicted octanol–water partition coefficient (Wildman–Crippen LogP) is 2.15. The number of piperidine rings is 1. The van der Waals surface area contributed by atoms with Gasteiger partial charge in [-0.3, -0.25) is 4.90 Å². The van der Waals surface area contributed by atoms with E-state index in [-0.39, 0.29) is 0 Å². The predicted molar refractivity (Wildman–Crippen MR) is 79.8 cm³/mol. The number of alkyl halides is 1. The van der Waals surface area contributed by atoms with Gasteiger partial charge < -0.3 is 4.74 Å². The molecule has 0 N–H and O–H groups in total. The molecule has 0 saturated carbocycles. The van der Waals surface area contributed by atoms with E-state index in [1.165, 1.54) is 0 Å². The average Bonchev–Trinajstić information content (AvgIpc) is 2.84. The molecule has 0 amide bonds. The molecule has 0 atom stereocenters. The van der Waals surface area contributed by atoms with Crippen LogP contribution in [0.25, 0.3) is 0 Å². The average molecular weight is 301 g/mol. The first-order valence-corrected chi connectivity index (χ1v) is 7.99. The van der Waals surface area contributed by atoms with Gasteiger partial charge in [-0.15, -0.1) is 11.6 Å². The summed E-state index contributed by atoms with van der Waals surface area (Å²) in [5.74, 6) is 2.24. The van der Waals surface area contributed by atoms with E-state index in [4.69, 9.17) is 16.3 Å². The van der Waals surface area contributed by atoms with Gasteiger partial charge in [0, 0.05) is 25.5 Å². The van der Waals surface area contributed by atoms with Gasteiger partial charge in [-0.1, -0.05) is 13.8 Å². The van der Waals surface area contributed by atoms with Gasteiger partial charge in [-0.2, -0.15) is 5.10 Å². The Morgan fingerprint density at radius 2 is 2.15 bits per heavy atom. The summed E-state index contributed by atoms with van der Waals surface area (Å²) in [6.07, 6.45) is 4.19. The van der Waals surface area contributed by atoms with Crippen LogP contribution in [0.5, 0.6) is 0 Å². The number of halogens is 1. The van der Waals surface area contributed by atoms with Gasteiger partial charge >= 0.3 is 0 Å². The summed E-state index contributed by atoms with van der Waals surface area (Å²) in [7, 11) is 0. The van der Waals surface area contributed by atoms with Crippen LogP contribution < -0.4 is 0 Å². The van der Waals surface area contributed by atoms with Gasteiger partial charge in [0.1, 0.15) is 12.2 Å². The second-order valence-corrected chi connectivity index (χ2v) is 6.17. The molecule has 0 aromatic carbocycles. The van der Waals surface area contributed by atoms with E-state index in [2.05, 4.69) is 28.8 Å². The maximum Gasteiger partial charge on any atom is 0.141 e. The molecule has 0 radical (unpaired) electrons. The van der Waals surface area contributed by atoms with E-state index in [0.717, 1.165) is 44.8 Å². The molecule has 20 heavy (non-hydrogen) atoms. The Balaban J connectivity index is 1.79. The molecule has 2 rings (SSSR count). The van der Waals surface area contributed by atoms with E-state index < -0.39 is 0 Å². The SMILES string of the molecule is CC(C)Cn1ncnc1CN1CCC(OCCCl)CC1. The quantitative estimate of drug-likeness (QED) is 0.724. The third-order valence-corrected chi connectivity index (χ3v) is 3.72. The largest absolute Gasteiger partial charge is 0.377 e. The second-order valence-electron chi connectivity index (χ2n) is 5.79. The van der Waals surface area contributed by atoms with Crippen LogP contribution >= 0.6 is 11.6 Å². The van der Waals surface area contributed by atoms with Crippen molar-refractivity contribution in [3.63, 3.8) is 0 Å². The molecule has 1 aliphatic rings. The van der Waals surface area contributed by atoms with Gasteiger partial charge in [-0.25, -0.2) is 9.67 Å². The first-order chi connectivity index (χ1) is 9.69. The minimum absolute atomic E-state index is 0.374. The van der Waals surface area contributed by atoms with Crippen molar-refractivity contribution >= 4 is 11.6 Å². The van der Waals surface area contributed by atoms with Crippen molar-refractivity contribution in [1.29, 1.82) is 0 Å². The van der Waals surface area contributed by atoms with Crippen molar-refractivity contribution in [3.8, 4) is 0 Å². The summed E-state index contributed by atoms with van der Waals surface area (Å²) in [5, 5.41) is 4.32. The Morgan fingerprint density at radius 1 is 1.40 bits per heavy atom. The number of aromatic nitrogens is 3. The molecule has 6 heteroatoms. The number of ether oxygens (including phenoxy) is 1. The lowest BCUT2D eigenvalue weighted by Gasteiger charge is -2.31. The van der Waals surface area contributed by atoms with Crippen LogP contribution in [-0.4, -0.2) is 51.3 Å². The highest BCUT2D eigenvalue weighted by atomic mass is 35.5. The van der Waals surface area contributed by atoms with E-state index in [9.17, 15) is 0 Å². The van der Waals surface area contributed by atoms with Crippen LogP contribution in [0.4, 0.5) is 0 Å². The zero-order chi connectivity index (χ0) is 14.4. The molecule has 0 unspecified atom stereocenters. The van der Waals surface area contributed by atoms with Crippen molar-refractivity contribution in [3.05, 3.63) is 12.2 Å². The van der Waals surface area contributed by atoms with Crippen molar-refractivity contribution in [2.45, 2.75) is 45.9 Å². The van der Waals surface area contributed by atoms with E-state index in [1.807, 2.05) is 4.68 Å². The molecular formula is C14H25ClN4O. The van der Waals surface area contributed by atoms with Crippen molar-refractivity contribution in [2.24, 2.45) is 5.92 Å². The van der Waals surface area contributed by atoms with Crippen LogP contribution in [-0.2, 0) is 17.8 Å². The number of hydrogen-bond acceptors (Lipinski definition) is 4. The summed E-state index contributed by atoms with van der Waals surface area (Å²) in [6.45, 7) is 8.99. The Morgan fingerprint density at radius 3 is 2.80 bits per heavy atom. The lowest BCUT2D eigenvalue weighted by molar-refractivity contribution is 0.0126. The molecule has 114 valence electrons. The summed E-state index contributed by atoms with van der Waals surface area (Å²) >= 11 is 5.65. The second kappa shape index (κ2) is 7.96. The smallest absolute Gasteiger partial charge is 0.141 e. The van der Waals surface area contributed by atoms with Gasteiger partial charge in [0.05, 0.1) is 19.3 Å². The van der Waals surface area contributed by atoms with Crippen LogP contribution in [0.15, 0.2) is 6.33 Å². The number of rotatable bonds is 7. The first kappa shape index (κ1) is 15.7.